The third kappa shape index (κ3) is 4.12. The van der Waals surface area contributed by atoms with E-state index in [0.29, 0.717) is 24.1 Å². The van der Waals surface area contributed by atoms with Crippen LogP contribution in [-0.2, 0) is 11.3 Å². The molecule has 4 N–H and O–H groups in total. The Kier molecular flexibility index (Phi) is 6.78. The van der Waals surface area contributed by atoms with Crippen LogP contribution in [0.5, 0.6) is 5.88 Å². The number of nitrogens with two attached hydrogens (primary N) is 2. The molecular formula is C23H32N6O2S. The highest BCUT2D eigenvalue weighted by Crippen LogP contribution is 2.40. The van der Waals surface area contributed by atoms with Crippen molar-refractivity contribution in [1.29, 1.82) is 0 Å². The SMILES string of the molecule is CCOc1ncc(SC)c2c1c1ncc(/C(=C(\C)N)N(C)N)cc1n2CC1CCOCC1. The molecule has 3 aromatic rings. The van der Waals surface area contributed by atoms with Gasteiger partial charge < -0.3 is 24.8 Å². The first-order chi connectivity index (χ1) is 15.5. The van der Waals surface area contributed by atoms with Crippen molar-refractivity contribution in [3.8, 4) is 5.88 Å². The molecule has 32 heavy (non-hydrogen) atoms. The van der Waals surface area contributed by atoms with Crippen molar-refractivity contribution in [2.75, 3.05) is 33.1 Å². The van der Waals surface area contributed by atoms with E-state index >= 15 is 0 Å². The molecule has 4 rings (SSSR count). The number of ether oxygens (including phenoxy) is 2. The van der Waals surface area contributed by atoms with E-state index in [4.69, 9.17) is 26.0 Å². The summed E-state index contributed by atoms with van der Waals surface area (Å²) in [4.78, 5) is 10.6. The van der Waals surface area contributed by atoms with Crippen LogP contribution in [0, 0.1) is 5.92 Å². The average molecular weight is 457 g/mol. The predicted molar refractivity (Wildman–Crippen MR) is 130 cm³/mol. The van der Waals surface area contributed by atoms with E-state index in [-0.39, 0.29) is 0 Å². The van der Waals surface area contributed by atoms with Crippen molar-refractivity contribution in [2.24, 2.45) is 17.5 Å². The van der Waals surface area contributed by atoms with Crippen LogP contribution in [0.2, 0.25) is 0 Å². The van der Waals surface area contributed by atoms with Gasteiger partial charge in [0.2, 0.25) is 5.88 Å². The van der Waals surface area contributed by atoms with Gasteiger partial charge in [0.1, 0.15) is 5.52 Å². The van der Waals surface area contributed by atoms with Gasteiger partial charge in [-0.1, -0.05) is 0 Å². The van der Waals surface area contributed by atoms with Crippen LogP contribution < -0.4 is 16.3 Å². The monoisotopic (exact) mass is 456 g/mol. The van der Waals surface area contributed by atoms with Crippen LogP contribution in [0.3, 0.4) is 0 Å². The Hall–Kier alpha value is -2.49. The van der Waals surface area contributed by atoms with E-state index in [1.807, 2.05) is 26.2 Å². The van der Waals surface area contributed by atoms with Gasteiger partial charge in [0, 0.05) is 50.5 Å². The Morgan fingerprint density at radius 2 is 2.06 bits per heavy atom. The van der Waals surface area contributed by atoms with Crippen LogP contribution >= 0.6 is 11.8 Å². The van der Waals surface area contributed by atoms with Crippen molar-refractivity contribution >= 4 is 39.4 Å². The van der Waals surface area contributed by atoms with E-state index in [1.54, 1.807) is 23.8 Å². The summed E-state index contributed by atoms with van der Waals surface area (Å²) in [5.41, 5.74) is 11.5. The molecule has 9 heteroatoms. The first kappa shape index (κ1) is 22.7. The summed E-state index contributed by atoms with van der Waals surface area (Å²) in [6.07, 6.45) is 7.91. The van der Waals surface area contributed by atoms with Crippen molar-refractivity contribution in [3.63, 3.8) is 0 Å². The molecule has 0 aliphatic carbocycles. The van der Waals surface area contributed by atoms with Crippen LogP contribution in [0.4, 0.5) is 0 Å². The van der Waals surface area contributed by atoms with E-state index in [2.05, 4.69) is 21.9 Å². The number of nitrogens with zero attached hydrogens (tertiary/aromatic N) is 4. The second-order valence-corrected chi connectivity index (χ2v) is 9.04. The molecule has 0 atom stereocenters. The van der Waals surface area contributed by atoms with E-state index in [1.165, 1.54) is 0 Å². The van der Waals surface area contributed by atoms with Crippen LogP contribution in [0.15, 0.2) is 29.1 Å². The molecule has 1 aliphatic rings. The van der Waals surface area contributed by atoms with Crippen molar-refractivity contribution in [3.05, 3.63) is 29.7 Å². The molecule has 172 valence electrons. The number of fused-ring (bicyclic) bond motifs is 3. The highest BCUT2D eigenvalue weighted by Gasteiger charge is 2.24. The first-order valence-corrected chi connectivity index (χ1v) is 12.2. The van der Waals surface area contributed by atoms with Gasteiger partial charge in [-0.3, -0.25) is 4.98 Å². The molecule has 1 saturated heterocycles. The maximum Gasteiger partial charge on any atom is 0.225 e. The summed E-state index contributed by atoms with van der Waals surface area (Å²) < 4.78 is 13.9. The number of hydrogen-bond acceptors (Lipinski definition) is 8. The zero-order valence-corrected chi connectivity index (χ0v) is 20.0. The molecule has 1 fully saturated rings. The lowest BCUT2D eigenvalue weighted by Gasteiger charge is -2.24. The minimum atomic E-state index is 0.535. The number of allylic oxidation sites excluding steroid dienone is 1. The molecule has 0 spiro atoms. The molecule has 0 amide bonds. The number of thioether (sulfide) groups is 1. The number of hydrogen-bond donors (Lipinski definition) is 2. The Morgan fingerprint density at radius 1 is 1.31 bits per heavy atom. The van der Waals surface area contributed by atoms with Crippen molar-refractivity contribution in [1.82, 2.24) is 19.5 Å². The van der Waals surface area contributed by atoms with Gasteiger partial charge in [-0.05, 0) is 44.9 Å². The number of pyridine rings is 2. The van der Waals surface area contributed by atoms with Crippen molar-refractivity contribution < 1.29 is 9.47 Å². The fourth-order valence-corrected chi connectivity index (χ4v) is 5.10. The van der Waals surface area contributed by atoms with Gasteiger partial charge in [-0.15, -0.1) is 11.8 Å². The minimum absolute atomic E-state index is 0.535. The van der Waals surface area contributed by atoms with Crippen LogP contribution in [-0.4, -0.2) is 52.7 Å². The fraction of sp³-hybridized carbons (Fsp3) is 0.478. The van der Waals surface area contributed by atoms with Crippen LogP contribution in [0.1, 0.15) is 32.3 Å². The molecule has 0 radical (unpaired) electrons. The summed E-state index contributed by atoms with van der Waals surface area (Å²) in [6, 6.07) is 2.14. The highest BCUT2D eigenvalue weighted by atomic mass is 32.2. The minimum Gasteiger partial charge on any atom is -0.477 e. The standard InChI is InChI=1S/C23H32N6O2S/c1-5-31-23-19-20-17(10-16(11-26-20)21(14(2)24)28(3)25)29(13-15-6-8-30-9-7-15)22(19)18(32-4)12-27-23/h10-12,15H,5-9,13,24-25H2,1-4H3/b21-14-. The van der Waals surface area contributed by atoms with Gasteiger partial charge in [0.25, 0.3) is 0 Å². The Bertz CT molecular complexity index is 1150. The molecule has 0 unspecified atom stereocenters. The quantitative estimate of drug-likeness (QED) is 0.316. The molecule has 0 saturated carbocycles. The van der Waals surface area contributed by atoms with E-state index in [0.717, 1.165) is 70.7 Å². The van der Waals surface area contributed by atoms with Gasteiger partial charge in [0.15, 0.2) is 0 Å². The normalized spacial score (nSPS) is 15.9. The van der Waals surface area contributed by atoms with Gasteiger partial charge in [-0.2, -0.15) is 0 Å². The number of hydrazine groups is 1. The molecule has 4 heterocycles. The zero-order valence-electron chi connectivity index (χ0n) is 19.2. The topological polar surface area (TPSA) is 104 Å². The second-order valence-electron chi connectivity index (χ2n) is 8.19. The van der Waals surface area contributed by atoms with Gasteiger partial charge in [0.05, 0.1) is 33.6 Å². The zero-order chi connectivity index (χ0) is 22.8. The van der Waals surface area contributed by atoms with Crippen LogP contribution in [0.25, 0.3) is 27.6 Å². The maximum absolute atomic E-state index is 6.16. The number of rotatable bonds is 7. The molecular weight excluding hydrogens is 424 g/mol. The predicted octanol–water partition coefficient (Wildman–Crippen LogP) is 3.58. The summed E-state index contributed by atoms with van der Waals surface area (Å²) in [7, 11) is 1.79. The highest BCUT2D eigenvalue weighted by molar-refractivity contribution is 7.98. The molecule has 3 aromatic heterocycles. The lowest BCUT2D eigenvalue weighted by atomic mass is 10.0. The largest absolute Gasteiger partial charge is 0.477 e. The average Bonchev–Trinajstić information content (AvgIpc) is 3.09. The molecule has 0 aromatic carbocycles. The Labute approximate surface area is 192 Å². The summed E-state index contributed by atoms with van der Waals surface area (Å²) in [6.45, 7) is 6.87. The fourth-order valence-electron chi connectivity index (χ4n) is 4.53. The Balaban J connectivity index is 2.02. The third-order valence-corrected chi connectivity index (χ3v) is 6.67. The van der Waals surface area contributed by atoms with E-state index in [9.17, 15) is 0 Å². The smallest absolute Gasteiger partial charge is 0.225 e. The number of aromatic nitrogens is 3. The molecule has 1 aliphatic heterocycles. The Morgan fingerprint density at radius 3 is 2.69 bits per heavy atom. The van der Waals surface area contributed by atoms with Gasteiger partial charge in [-0.25, -0.2) is 10.8 Å². The van der Waals surface area contributed by atoms with Gasteiger partial charge >= 0.3 is 0 Å². The lowest BCUT2D eigenvalue weighted by Crippen LogP contribution is -2.26. The summed E-state index contributed by atoms with van der Waals surface area (Å²) in [5.74, 6) is 7.26. The second kappa shape index (κ2) is 9.56. The molecule has 8 nitrogen and oxygen atoms in total. The summed E-state index contributed by atoms with van der Waals surface area (Å²) >= 11 is 1.69. The molecule has 0 bridgehead atoms. The summed E-state index contributed by atoms with van der Waals surface area (Å²) in [5, 5.41) is 2.51. The van der Waals surface area contributed by atoms with E-state index < -0.39 is 0 Å². The van der Waals surface area contributed by atoms with Crippen molar-refractivity contribution in [2.45, 2.75) is 38.1 Å². The lowest BCUT2D eigenvalue weighted by molar-refractivity contribution is 0.0619. The maximum atomic E-state index is 6.16. The third-order valence-electron chi connectivity index (χ3n) is 5.93. The first-order valence-electron chi connectivity index (χ1n) is 11.0.